The smallest absolute Gasteiger partial charge is 0.408 e. The number of alkyl carbamates (subject to hydrolysis) is 1. The van der Waals surface area contributed by atoms with E-state index in [-0.39, 0.29) is 18.3 Å². The summed E-state index contributed by atoms with van der Waals surface area (Å²) in [7, 11) is 0. The minimum atomic E-state index is -0.790. The molecule has 0 fully saturated rings. The van der Waals surface area contributed by atoms with Gasteiger partial charge in [0, 0.05) is 11.5 Å². The van der Waals surface area contributed by atoms with E-state index in [0.29, 0.717) is 5.75 Å². The molecule has 7 heteroatoms. The largest absolute Gasteiger partial charge is 0.460 e. The van der Waals surface area contributed by atoms with Crippen molar-refractivity contribution in [1.82, 2.24) is 5.32 Å². The minimum Gasteiger partial charge on any atom is -0.460 e. The van der Waals surface area contributed by atoms with E-state index in [9.17, 15) is 9.59 Å². The molecule has 27 heavy (non-hydrogen) atoms. The van der Waals surface area contributed by atoms with E-state index in [1.165, 1.54) is 6.08 Å². The maximum Gasteiger partial charge on any atom is 0.408 e. The minimum absolute atomic E-state index is 0.0799. The van der Waals surface area contributed by atoms with Crippen LogP contribution in [0.1, 0.15) is 61.3 Å². The predicted molar refractivity (Wildman–Crippen MR) is 111 cm³/mol. The summed E-state index contributed by atoms with van der Waals surface area (Å²) >= 11 is 1.55. The first-order chi connectivity index (χ1) is 12.4. The Hall–Kier alpha value is -1.21. The molecule has 2 atom stereocenters. The van der Waals surface area contributed by atoms with Gasteiger partial charge in [0.25, 0.3) is 0 Å². The number of thioether (sulfide) groups is 1. The maximum atomic E-state index is 12.2. The second-order valence-corrected chi connectivity index (χ2v) is 8.99. The van der Waals surface area contributed by atoms with Crippen molar-refractivity contribution < 1.29 is 23.8 Å². The third-order valence-corrected chi connectivity index (χ3v) is 4.88. The Balaban J connectivity index is 4.76. The highest BCUT2D eigenvalue weighted by Crippen LogP contribution is 2.21. The molecule has 0 saturated heterocycles. The highest BCUT2D eigenvalue weighted by Gasteiger charge is 2.26. The van der Waals surface area contributed by atoms with Gasteiger partial charge in [0.05, 0.1) is 11.7 Å². The lowest BCUT2D eigenvalue weighted by molar-refractivity contribution is -0.144. The van der Waals surface area contributed by atoms with E-state index >= 15 is 0 Å². The first-order valence-electron chi connectivity index (χ1n) is 9.46. The Kier molecular flexibility index (Phi) is 11.7. The molecule has 6 nitrogen and oxygen atoms in total. The Morgan fingerprint density at radius 1 is 1.15 bits per heavy atom. The first kappa shape index (κ1) is 25.8. The molecular formula is C20H37NO5S. The number of carbonyl (C=O) groups is 2. The number of carbonyl (C=O) groups excluding carboxylic acids is 2. The van der Waals surface area contributed by atoms with Gasteiger partial charge >= 0.3 is 12.1 Å². The molecule has 0 aliphatic carbocycles. The molecule has 1 amide bonds. The summed E-state index contributed by atoms with van der Waals surface area (Å²) in [6.07, 6.45) is 2.73. The summed E-state index contributed by atoms with van der Waals surface area (Å²) in [6, 6.07) is -0.790. The Labute approximate surface area is 168 Å². The molecule has 1 N–H and O–H groups in total. The van der Waals surface area contributed by atoms with Gasteiger partial charge in [0.15, 0.2) is 0 Å². The zero-order chi connectivity index (χ0) is 21.1. The van der Waals surface area contributed by atoms with Crippen LogP contribution in [0.15, 0.2) is 12.7 Å². The fourth-order valence-electron chi connectivity index (χ4n) is 1.95. The van der Waals surface area contributed by atoms with E-state index in [4.69, 9.17) is 14.2 Å². The van der Waals surface area contributed by atoms with Gasteiger partial charge < -0.3 is 19.5 Å². The van der Waals surface area contributed by atoms with E-state index in [1.54, 1.807) is 32.5 Å². The zero-order valence-electron chi connectivity index (χ0n) is 17.9. The number of nitrogens with one attached hydrogen (secondary N) is 1. The van der Waals surface area contributed by atoms with Gasteiger partial charge in [0.2, 0.25) is 0 Å². The van der Waals surface area contributed by atoms with Crippen LogP contribution >= 0.6 is 11.8 Å². The average molecular weight is 404 g/mol. The molecule has 0 aromatic carbocycles. The molecule has 0 aromatic rings. The van der Waals surface area contributed by atoms with Crippen molar-refractivity contribution in [1.29, 1.82) is 0 Å². The number of amides is 1. The van der Waals surface area contributed by atoms with Crippen LogP contribution in [0.4, 0.5) is 4.79 Å². The quantitative estimate of drug-likeness (QED) is 0.386. The zero-order valence-corrected chi connectivity index (χ0v) is 18.7. The van der Waals surface area contributed by atoms with Crippen molar-refractivity contribution in [3.05, 3.63) is 12.7 Å². The summed E-state index contributed by atoms with van der Waals surface area (Å²) in [5.74, 6) is 0.596. The number of rotatable bonds is 12. The van der Waals surface area contributed by atoms with Gasteiger partial charge in [-0.2, -0.15) is 11.8 Å². The van der Waals surface area contributed by atoms with Crippen LogP contribution in [0.25, 0.3) is 0 Å². The van der Waals surface area contributed by atoms with Crippen LogP contribution in [0, 0.1) is 0 Å². The van der Waals surface area contributed by atoms with Crippen LogP contribution < -0.4 is 5.32 Å². The lowest BCUT2D eigenvalue weighted by atomic mass is 10.1. The van der Waals surface area contributed by atoms with E-state index in [1.807, 2.05) is 0 Å². The number of esters is 1. The van der Waals surface area contributed by atoms with Crippen LogP contribution in [0.3, 0.4) is 0 Å². The first-order valence-corrected chi connectivity index (χ1v) is 10.6. The molecule has 0 rings (SSSR count). The third-order valence-electron chi connectivity index (χ3n) is 3.70. The van der Waals surface area contributed by atoms with Gasteiger partial charge in [-0.05, 0) is 47.5 Å². The van der Waals surface area contributed by atoms with Crippen LogP contribution in [0.5, 0.6) is 0 Å². The maximum absolute atomic E-state index is 12.2. The monoisotopic (exact) mass is 403 g/mol. The topological polar surface area (TPSA) is 73.9 Å². The predicted octanol–water partition coefficient (Wildman–Crippen LogP) is 4.33. The lowest BCUT2D eigenvalue weighted by Gasteiger charge is -2.29. The summed E-state index contributed by atoms with van der Waals surface area (Å²) < 4.78 is 16.5. The van der Waals surface area contributed by atoms with Crippen molar-refractivity contribution in [2.45, 2.75) is 84.7 Å². The summed E-state index contributed by atoms with van der Waals surface area (Å²) in [5.41, 5.74) is -0.821. The SMILES string of the molecule is C=CCOC(=O)[C@H](CSCC(CC)OC(C)(C)CC)NC(=O)OC(C)(C)C. The lowest BCUT2D eigenvalue weighted by Crippen LogP contribution is -2.46. The van der Waals surface area contributed by atoms with Crippen molar-refractivity contribution in [3.63, 3.8) is 0 Å². The third kappa shape index (κ3) is 12.7. The fourth-order valence-corrected chi connectivity index (χ4v) is 3.10. The summed E-state index contributed by atoms with van der Waals surface area (Å²) in [6.45, 7) is 17.2. The molecule has 0 radical (unpaired) electrons. The Morgan fingerprint density at radius 3 is 2.26 bits per heavy atom. The van der Waals surface area contributed by atoms with Crippen molar-refractivity contribution in [2.75, 3.05) is 18.1 Å². The van der Waals surface area contributed by atoms with Crippen LogP contribution in [-0.4, -0.2) is 53.5 Å². The normalized spacial score (nSPS) is 14.2. The molecule has 0 aliphatic heterocycles. The van der Waals surface area contributed by atoms with Crippen LogP contribution in [-0.2, 0) is 19.0 Å². The molecule has 0 bridgehead atoms. The second kappa shape index (κ2) is 12.3. The van der Waals surface area contributed by atoms with E-state index in [0.717, 1.165) is 18.6 Å². The molecular weight excluding hydrogens is 366 g/mol. The highest BCUT2D eigenvalue weighted by molar-refractivity contribution is 7.99. The number of hydrogen-bond donors (Lipinski definition) is 1. The summed E-state index contributed by atoms with van der Waals surface area (Å²) in [4.78, 5) is 24.3. The molecule has 0 aliphatic rings. The summed E-state index contributed by atoms with van der Waals surface area (Å²) in [5, 5.41) is 2.60. The van der Waals surface area contributed by atoms with Crippen molar-refractivity contribution in [3.8, 4) is 0 Å². The van der Waals surface area contributed by atoms with E-state index < -0.39 is 23.7 Å². The standard InChI is InChI=1S/C20H37NO5S/c1-9-12-24-17(22)16(21-18(23)26-19(4,5)6)14-27-13-15(10-2)25-20(7,8)11-3/h9,15-16H,1,10-14H2,2-8H3,(H,21,23)/t15?,16-/m0/s1. The van der Waals surface area contributed by atoms with Gasteiger partial charge in [-0.1, -0.05) is 26.5 Å². The Morgan fingerprint density at radius 2 is 1.78 bits per heavy atom. The fraction of sp³-hybridized carbons (Fsp3) is 0.800. The molecule has 0 spiro atoms. The number of ether oxygens (including phenoxy) is 3. The number of hydrogen-bond acceptors (Lipinski definition) is 6. The molecule has 0 saturated carbocycles. The van der Waals surface area contributed by atoms with Crippen LogP contribution in [0.2, 0.25) is 0 Å². The van der Waals surface area contributed by atoms with Gasteiger partial charge in [-0.3, -0.25) is 0 Å². The van der Waals surface area contributed by atoms with E-state index in [2.05, 4.69) is 39.6 Å². The van der Waals surface area contributed by atoms with Crippen molar-refractivity contribution in [2.24, 2.45) is 0 Å². The Bertz CT molecular complexity index is 473. The van der Waals surface area contributed by atoms with Gasteiger partial charge in [-0.15, -0.1) is 0 Å². The van der Waals surface area contributed by atoms with Crippen molar-refractivity contribution >= 4 is 23.8 Å². The molecule has 158 valence electrons. The molecule has 0 aromatic heterocycles. The van der Waals surface area contributed by atoms with Gasteiger partial charge in [-0.25, -0.2) is 9.59 Å². The highest BCUT2D eigenvalue weighted by atomic mass is 32.2. The average Bonchev–Trinajstić information content (AvgIpc) is 2.55. The molecule has 1 unspecified atom stereocenters. The second-order valence-electron chi connectivity index (χ2n) is 7.92. The molecule has 0 heterocycles. The van der Waals surface area contributed by atoms with Gasteiger partial charge in [0.1, 0.15) is 18.2 Å².